The van der Waals surface area contributed by atoms with Crippen LogP contribution < -0.4 is 27.6 Å². The van der Waals surface area contributed by atoms with E-state index in [9.17, 15) is 24.3 Å². The van der Waals surface area contributed by atoms with Crippen LogP contribution in [0.25, 0.3) is 16.9 Å². The molecule has 1 unspecified atom stereocenters. The summed E-state index contributed by atoms with van der Waals surface area (Å²) in [7, 11) is 2.96. The van der Waals surface area contributed by atoms with E-state index in [1.165, 1.54) is 35.5 Å². The predicted octanol–water partition coefficient (Wildman–Crippen LogP) is 0.868. The van der Waals surface area contributed by atoms with Gasteiger partial charge in [-0.05, 0) is 38.8 Å². The molecule has 0 amide bonds. The molecule has 1 atom stereocenters. The number of benzene rings is 1. The van der Waals surface area contributed by atoms with Gasteiger partial charge in [-0.1, -0.05) is 23.8 Å². The number of hydrogen-bond donors (Lipinski definition) is 2. The number of ketones is 1. The monoisotopic (exact) mass is 562 g/mol. The molecular formula is C28H34N8O5. The maximum Gasteiger partial charge on any atom is 0.335 e. The zero-order chi connectivity index (χ0) is 29.6. The number of nitrogens with zero attached hydrogens (tertiary/aromatic N) is 7. The van der Waals surface area contributed by atoms with Gasteiger partial charge < -0.3 is 20.3 Å². The van der Waals surface area contributed by atoms with Crippen LogP contribution in [0.15, 0.2) is 56.5 Å². The second-order valence-corrected chi connectivity index (χ2v) is 10.7. The summed E-state index contributed by atoms with van der Waals surface area (Å²) in [5.74, 6) is -0.157. The third-order valence-electron chi connectivity index (χ3n) is 7.46. The quantitative estimate of drug-likeness (QED) is 0.248. The van der Waals surface area contributed by atoms with E-state index >= 15 is 0 Å². The Morgan fingerprint density at radius 1 is 1.12 bits per heavy atom. The first-order valence-corrected chi connectivity index (χ1v) is 13.4. The average Bonchev–Trinajstić information content (AvgIpc) is 3.46. The van der Waals surface area contributed by atoms with Crippen LogP contribution in [0.5, 0.6) is 5.88 Å². The molecule has 1 saturated heterocycles. The highest BCUT2D eigenvalue weighted by Crippen LogP contribution is 2.23. The van der Waals surface area contributed by atoms with Crippen LogP contribution in [-0.4, -0.2) is 57.8 Å². The molecule has 0 radical (unpaired) electrons. The number of imidazole rings is 2. The molecule has 3 aromatic heterocycles. The molecule has 1 aromatic carbocycles. The largest absolute Gasteiger partial charge is 0.493 e. The van der Waals surface area contributed by atoms with Crippen molar-refractivity contribution in [2.75, 3.05) is 18.0 Å². The number of hydrogen-bond acceptors (Lipinski definition) is 8. The Balaban J connectivity index is 1.59. The summed E-state index contributed by atoms with van der Waals surface area (Å²) in [6.07, 6.45) is 5.02. The van der Waals surface area contributed by atoms with Gasteiger partial charge in [0.05, 0.1) is 18.4 Å². The molecule has 3 N–H and O–H groups in total. The lowest BCUT2D eigenvalue weighted by atomic mass is 10.1. The highest BCUT2D eigenvalue weighted by molar-refractivity contribution is 5.96. The van der Waals surface area contributed by atoms with Crippen molar-refractivity contribution in [1.82, 2.24) is 27.8 Å². The molecule has 0 aliphatic carbocycles. The summed E-state index contributed by atoms with van der Waals surface area (Å²) in [5, 5.41) is 9.90. The van der Waals surface area contributed by atoms with Crippen molar-refractivity contribution in [3.8, 4) is 11.6 Å². The van der Waals surface area contributed by atoms with Crippen LogP contribution in [0.3, 0.4) is 0 Å². The molecule has 0 spiro atoms. The second-order valence-electron chi connectivity index (χ2n) is 10.7. The van der Waals surface area contributed by atoms with Gasteiger partial charge >= 0.3 is 11.4 Å². The van der Waals surface area contributed by atoms with Crippen LogP contribution >= 0.6 is 0 Å². The van der Waals surface area contributed by atoms with E-state index in [-0.39, 0.29) is 28.6 Å². The van der Waals surface area contributed by atoms with Crippen molar-refractivity contribution < 1.29 is 9.90 Å². The number of nitrogens with two attached hydrogens (primary N) is 1. The van der Waals surface area contributed by atoms with Gasteiger partial charge in [-0.25, -0.2) is 9.59 Å². The van der Waals surface area contributed by atoms with Crippen molar-refractivity contribution in [3.05, 3.63) is 79.0 Å². The molecule has 1 aliphatic heterocycles. The smallest absolute Gasteiger partial charge is 0.335 e. The van der Waals surface area contributed by atoms with Crippen molar-refractivity contribution in [3.63, 3.8) is 0 Å². The van der Waals surface area contributed by atoms with E-state index < -0.39 is 29.3 Å². The van der Waals surface area contributed by atoms with Gasteiger partial charge in [-0.3, -0.25) is 27.9 Å². The van der Waals surface area contributed by atoms with Crippen LogP contribution in [0.4, 0.5) is 5.95 Å². The van der Waals surface area contributed by atoms with Gasteiger partial charge in [-0.15, -0.1) is 0 Å². The fourth-order valence-electron chi connectivity index (χ4n) is 5.15. The lowest BCUT2D eigenvalue weighted by molar-refractivity contribution is 0.0969. The molecule has 13 heteroatoms. The van der Waals surface area contributed by atoms with Gasteiger partial charge in [0.1, 0.15) is 0 Å². The summed E-state index contributed by atoms with van der Waals surface area (Å²) < 4.78 is 6.28. The highest BCUT2D eigenvalue weighted by atomic mass is 16.3. The first kappa shape index (κ1) is 27.9. The minimum atomic E-state index is -0.662. The van der Waals surface area contributed by atoms with E-state index in [2.05, 4.69) is 0 Å². The maximum absolute atomic E-state index is 13.9. The average molecular weight is 563 g/mol. The molecule has 216 valence electrons. The molecule has 41 heavy (non-hydrogen) atoms. The number of rotatable bonds is 7. The second kappa shape index (κ2) is 10.7. The van der Waals surface area contributed by atoms with Gasteiger partial charge in [0.25, 0.3) is 5.56 Å². The molecule has 13 nitrogen and oxygen atoms in total. The number of anilines is 1. The van der Waals surface area contributed by atoms with Crippen LogP contribution in [0.1, 0.15) is 37.0 Å². The highest BCUT2D eigenvalue weighted by Gasteiger charge is 2.26. The van der Waals surface area contributed by atoms with E-state index in [0.29, 0.717) is 24.7 Å². The Hall–Kier alpha value is -4.65. The molecular weight excluding hydrogens is 528 g/mol. The molecule has 1 fully saturated rings. The minimum Gasteiger partial charge on any atom is -0.493 e. The number of carbonyl (C=O) groups excluding carboxylic acids is 1. The molecule has 1 aliphatic rings. The number of allylic oxidation sites excluding steroid dienone is 2. The van der Waals surface area contributed by atoms with Crippen molar-refractivity contribution in [2.45, 2.75) is 45.8 Å². The number of Topliss-reactive ketones (excluding diaryl/α,β-unsaturated/α-hetero) is 1. The Bertz CT molecular complexity index is 1860. The Labute approximate surface area is 235 Å². The minimum absolute atomic E-state index is 0.0231. The lowest BCUT2D eigenvalue weighted by Crippen LogP contribution is -2.44. The van der Waals surface area contributed by atoms with Gasteiger partial charge in [0.15, 0.2) is 16.9 Å². The summed E-state index contributed by atoms with van der Waals surface area (Å²) >= 11 is 0. The van der Waals surface area contributed by atoms with Crippen LogP contribution in [0, 0.1) is 0 Å². The van der Waals surface area contributed by atoms with E-state index in [0.717, 1.165) is 34.1 Å². The number of aryl methyl sites for hydroxylation is 1. The maximum atomic E-state index is 13.9. The fourth-order valence-corrected chi connectivity index (χ4v) is 5.15. The number of carbonyl (C=O) groups is 1. The number of fused-ring (bicyclic) bond motifs is 1. The summed E-state index contributed by atoms with van der Waals surface area (Å²) in [4.78, 5) is 59.8. The van der Waals surface area contributed by atoms with Crippen LogP contribution in [0.2, 0.25) is 0 Å². The Kier molecular flexibility index (Phi) is 7.30. The number of piperidine rings is 1. The van der Waals surface area contributed by atoms with Gasteiger partial charge in [0, 0.05) is 45.3 Å². The standard InChI is InChI=1S/C28H34N8O5/c1-17(2)10-12-34-23-24(30-26(34)33-11-6-8-19(29)14-33)32(4)28(41)36(25(23)39)15-21(37)18-7-5-9-20(13-18)35-16-22(38)31(3)27(35)40/h5,7,9-10,13,16,19,38H,6,8,11-12,14-15,29H2,1-4H3. The third kappa shape index (κ3) is 5.04. The van der Waals surface area contributed by atoms with E-state index in [1.54, 1.807) is 22.8 Å². The van der Waals surface area contributed by atoms with Crippen LogP contribution in [-0.2, 0) is 27.2 Å². The fraction of sp³-hybridized carbons (Fsp3) is 0.393. The Morgan fingerprint density at radius 2 is 1.88 bits per heavy atom. The van der Waals surface area contributed by atoms with Gasteiger partial charge in [0.2, 0.25) is 11.8 Å². The molecule has 0 bridgehead atoms. The van der Waals surface area contributed by atoms with Crippen molar-refractivity contribution >= 4 is 22.9 Å². The third-order valence-corrected chi connectivity index (χ3v) is 7.46. The first-order valence-electron chi connectivity index (χ1n) is 13.4. The zero-order valence-corrected chi connectivity index (χ0v) is 23.6. The SMILES string of the molecule is CC(C)=CCn1c(N2CCCC(N)C2)nc2c1c(=O)n(CC(=O)c1cccc(-n3cc(O)n(C)c3=O)c1)c(=O)n2C. The molecule has 4 aromatic rings. The summed E-state index contributed by atoms with van der Waals surface area (Å²) in [6, 6.07) is 6.21. The van der Waals surface area contributed by atoms with Gasteiger partial charge in [-0.2, -0.15) is 4.98 Å². The lowest BCUT2D eigenvalue weighted by Gasteiger charge is -2.31. The van der Waals surface area contributed by atoms with Crippen molar-refractivity contribution in [2.24, 2.45) is 19.8 Å². The summed E-state index contributed by atoms with van der Waals surface area (Å²) in [6.45, 7) is 5.09. The normalized spacial score (nSPS) is 15.4. The van der Waals surface area contributed by atoms with Crippen molar-refractivity contribution in [1.29, 1.82) is 0 Å². The predicted molar refractivity (Wildman–Crippen MR) is 155 cm³/mol. The molecule has 5 rings (SSSR count). The first-order chi connectivity index (χ1) is 19.5. The number of aromatic hydroxyl groups is 1. The van der Waals surface area contributed by atoms with E-state index in [4.69, 9.17) is 10.7 Å². The summed E-state index contributed by atoms with van der Waals surface area (Å²) in [5.41, 5.74) is 6.55. The molecule has 0 saturated carbocycles. The Morgan fingerprint density at radius 3 is 2.54 bits per heavy atom. The zero-order valence-electron chi connectivity index (χ0n) is 23.6. The number of aromatic nitrogens is 6. The molecule has 4 heterocycles. The topological polar surface area (TPSA) is 155 Å². The van der Waals surface area contributed by atoms with E-state index in [1.807, 2.05) is 24.8 Å².